The first kappa shape index (κ1) is 16.3. The number of piperidine rings is 1. The van der Waals surface area contributed by atoms with Gasteiger partial charge in [0.25, 0.3) is 5.91 Å². The monoisotopic (exact) mass is 308 g/mol. The molecule has 0 atom stereocenters. The van der Waals surface area contributed by atoms with E-state index in [4.69, 9.17) is 4.74 Å². The molecule has 0 radical (unpaired) electrons. The summed E-state index contributed by atoms with van der Waals surface area (Å²) in [4.78, 5) is 24.8. The number of nitrogens with one attached hydrogen (secondary N) is 1. The predicted molar refractivity (Wildman–Crippen MR) is 80.1 cm³/mol. The number of rotatable bonds is 4. The van der Waals surface area contributed by atoms with Crippen LogP contribution in [0.15, 0.2) is 18.2 Å². The molecule has 1 heterocycles. The highest BCUT2D eigenvalue weighted by Gasteiger charge is 2.21. The van der Waals surface area contributed by atoms with E-state index in [0.29, 0.717) is 24.4 Å². The van der Waals surface area contributed by atoms with Gasteiger partial charge in [-0.2, -0.15) is 0 Å². The van der Waals surface area contributed by atoms with Crippen LogP contribution in [0.25, 0.3) is 0 Å². The molecule has 0 unspecified atom stereocenters. The fourth-order valence-corrected chi connectivity index (χ4v) is 2.42. The summed E-state index contributed by atoms with van der Waals surface area (Å²) in [7, 11) is 0. The first-order chi connectivity index (χ1) is 10.5. The zero-order valence-electron chi connectivity index (χ0n) is 12.9. The molecule has 1 aliphatic rings. The Balaban J connectivity index is 1.74. The number of carbonyl (C=O) groups is 2. The third kappa shape index (κ3) is 4.44. The Morgan fingerprint density at radius 1 is 1.36 bits per heavy atom. The summed E-state index contributed by atoms with van der Waals surface area (Å²) in [5.74, 6) is -0.184. The van der Waals surface area contributed by atoms with E-state index in [1.54, 1.807) is 30.9 Å². The number of amides is 2. The summed E-state index contributed by atoms with van der Waals surface area (Å²) < 4.78 is 18.7. The summed E-state index contributed by atoms with van der Waals surface area (Å²) >= 11 is 0. The number of likely N-dealkylation sites (tertiary alicyclic amines) is 1. The quantitative estimate of drug-likeness (QED) is 0.920. The Hall–Kier alpha value is -2.11. The van der Waals surface area contributed by atoms with Gasteiger partial charge >= 0.3 is 0 Å². The number of benzene rings is 1. The van der Waals surface area contributed by atoms with E-state index < -0.39 is 0 Å². The standard InChI is InChI=1S/C16H21FN2O3/c1-11-3-4-14(9-15(11)17)22-10-16(21)18-13-5-7-19(8-6-13)12(2)20/h3-4,9,13H,5-8,10H2,1-2H3,(H,18,21). The van der Waals surface area contributed by atoms with E-state index in [1.165, 1.54) is 6.07 Å². The highest BCUT2D eigenvalue weighted by molar-refractivity contribution is 5.78. The van der Waals surface area contributed by atoms with Crippen LogP contribution in [0.1, 0.15) is 25.3 Å². The summed E-state index contributed by atoms with van der Waals surface area (Å²) in [5, 5.41) is 2.88. The maximum absolute atomic E-state index is 13.4. The first-order valence-electron chi connectivity index (χ1n) is 7.39. The average molecular weight is 308 g/mol. The molecule has 1 aliphatic heterocycles. The first-order valence-corrected chi connectivity index (χ1v) is 7.39. The van der Waals surface area contributed by atoms with Crippen molar-refractivity contribution in [3.05, 3.63) is 29.6 Å². The lowest BCUT2D eigenvalue weighted by molar-refractivity contribution is -0.130. The van der Waals surface area contributed by atoms with Crippen LogP contribution in [0.4, 0.5) is 4.39 Å². The molecule has 1 N–H and O–H groups in total. The van der Waals surface area contributed by atoms with Crippen molar-refractivity contribution < 1.29 is 18.7 Å². The van der Waals surface area contributed by atoms with Crippen LogP contribution in [-0.2, 0) is 9.59 Å². The van der Waals surface area contributed by atoms with Gasteiger partial charge in [0, 0.05) is 32.1 Å². The van der Waals surface area contributed by atoms with E-state index in [9.17, 15) is 14.0 Å². The molecule has 1 aromatic carbocycles. The Morgan fingerprint density at radius 2 is 2.05 bits per heavy atom. The van der Waals surface area contributed by atoms with Crippen LogP contribution in [0, 0.1) is 12.7 Å². The molecular formula is C16H21FN2O3. The molecule has 120 valence electrons. The van der Waals surface area contributed by atoms with Gasteiger partial charge in [0.1, 0.15) is 11.6 Å². The molecule has 0 aromatic heterocycles. The third-order valence-electron chi connectivity index (χ3n) is 3.82. The van der Waals surface area contributed by atoms with Gasteiger partial charge in [-0.05, 0) is 31.4 Å². The van der Waals surface area contributed by atoms with Crippen molar-refractivity contribution in [2.75, 3.05) is 19.7 Å². The minimum atomic E-state index is -0.352. The highest BCUT2D eigenvalue weighted by atomic mass is 19.1. The molecule has 0 aliphatic carbocycles. The summed E-state index contributed by atoms with van der Waals surface area (Å²) in [6.07, 6.45) is 1.48. The molecule has 6 heteroatoms. The fraction of sp³-hybridized carbons (Fsp3) is 0.500. The summed E-state index contributed by atoms with van der Waals surface area (Å²) in [5.41, 5.74) is 0.536. The molecule has 1 aromatic rings. The predicted octanol–water partition coefficient (Wildman–Crippen LogP) is 1.64. The zero-order chi connectivity index (χ0) is 16.1. The lowest BCUT2D eigenvalue weighted by Crippen LogP contribution is -2.47. The van der Waals surface area contributed by atoms with E-state index in [1.807, 2.05) is 0 Å². The van der Waals surface area contributed by atoms with Crippen LogP contribution in [0.2, 0.25) is 0 Å². The summed E-state index contributed by atoms with van der Waals surface area (Å²) in [6, 6.07) is 4.58. The Bertz CT molecular complexity index is 554. The van der Waals surface area contributed by atoms with Crippen LogP contribution in [0.3, 0.4) is 0 Å². The molecular weight excluding hydrogens is 287 g/mol. The second-order valence-corrected chi connectivity index (χ2v) is 5.55. The van der Waals surface area contributed by atoms with Gasteiger partial charge in [0.05, 0.1) is 0 Å². The van der Waals surface area contributed by atoms with Crippen molar-refractivity contribution in [3.63, 3.8) is 0 Å². The van der Waals surface area contributed by atoms with Crippen molar-refractivity contribution >= 4 is 11.8 Å². The van der Waals surface area contributed by atoms with Gasteiger partial charge in [0.15, 0.2) is 6.61 Å². The van der Waals surface area contributed by atoms with Crippen LogP contribution in [0.5, 0.6) is 5.75 Å². The Morgan fingerprint density at radius 3 is 2.64 bits per heavy atom. The van der Waals surface area contributed by atoms with Crippen LogP contribution < -0.4 is 10.1 Å². The van der Waals surface area contributed by atoms with E-state index in [2.05, 4.69) is 5.32 Å². The van der Waals surface area contributed by atoms with Crippen LogP contribution >= 0.6 is 0 Å². The van der Waals surface area contributed by atoms with E-state index in [0.717, 1.165) is 12.8 Å². The Kier molecular flexibility index (Phi) is 5.35. The Labute approximate surface area is 129 Å². The fourth-order valence-electron chi connectivity index (χ4n) is 2.42. The highest BCUT2D eigenvalue weighted by Crippen LogP contribution is 2.16. The van der Waals surface area contributed by atoms with Gasteiger partial charge in [-0.25, -0.2) is 4.39 Å². The van der Waals surface area contributed by atoms with Gasteiger partial charge < -0.3 is 15.0 Å². The van der Waals surface area contributed by atoms with E-state index >= 15 is 0 Å². The zero-order valence-corrected chi connectivity index (χ0v) is 12.9. The number of nitrogens with zero attached hydrogens (tertiary/aromatic N) is 1. The minimum Gasteiger partial charge on any atom is -0.484 e. The molecule has 2 rings (SSSR count). The second kappa shape index (κ2) is 7.24. The van der Waals surface area contributed by atoms with Gasteiger partial charge in [0.2, 0.25) is 5.91 Å². The maximum Gasteiger partial charge on any atom is 0.258 e. The normalized spacial score (nSPS) is 15.5. The lowest BCUT2D eigenvalue weighted by Gasteiger charge is -2.31. The number of carbonyl (C=O) groups excluding carboxylic acids is 2. The number of ether oxygens (including phenoxy) is 1. The molecule has 2 amide bonds. The SMILES string of the molecule is CC(=O)N1CCC(NC(=O)COc2ccc(C)c(F)c2)CC1. The summed E-state index contributed by atoms with van der Waals surface area (Å²) in [6.45, 7) is 4.39. The molecule has 0 saturated carbocycles. The third-order valence-corrected chi connectivity index (χ3v) is 3.82. The van der Waals surface area contributed by atoms with Crippen molar-refractivity contribution in [3.8, 4) is 5.75 Å². The van der Waals surface area contributed by atoms with Crippen molar-refractivity contribution in [1.82, 2.24) is 10.2 Å². The number of hydrogen-bond acceptors (Lipinski definition) is 3. The molecule has 1 saturated heterocycles. The molecule has 1 fully saturated rings. The van der Waals surface area contributed by atoms with E-state index in [-0.39, 0.29) is 30.3 Å². The molecule has 22 heavy (non-hydrogen) atoms. The molecule has 0 bridgehead atoms. The average Bonchev–Trinajstić information content (AvgIpc) is 2.49. The number of halogens is 1. The second-order valence-electron chi connectivity index (χ2n) is 5.55. The van der Waals surface area contributed by atoms with Gasteiger partial charge in [-0.15, -0.1) is 0 Å². The van der Waals surface area contributed by atoms with Gasteiger partial charge in [-0.1, -0.05) is 6.07 Å². The molecule has 0 spiro atoms. The van der Waals surface area contributed by atoms with Crippen LogP contribution in [-0.4, -0.2) is 42.5 Å². The van der Waals surface area contributed by atoms with Crippen molar-refractivity contribution in [2.45, 2.75) is 32.7 Å². The smallest absolute Gasteiger partial charge is 0.258 e. The maximum atomic E-state index is 13.4. The lowest BCUT2D eigenvalue weighted by atomic mass is 10.1. The van der Waals surface area contributed by atoms with Crippen molar-refractivity contribution in [1.29, 1.82) is 0 Å². The number of aryl methyl sites for hydroxylation is 1. The largest absolute Gasteiger partial charge is 0.484 e. The van der Waals surface area contributed by atoms with Gasteiger partial charge in [-0.3, -0.25) is 9.59 Å². The minimum absolute atomic E-state index is 0.0569. The van der Waals surface area contributed by atoms with Crippen molar-refractivity contribution in [2.24, 2.45) is 0 Å². The number of hydrogen-bond donors (Lipinski definition) is 1. The topological polar surface area (TPSA) is 58.6 Å². The molecule has 5 nitrogen and oxygen atoms in total.